The van der Waals surface area contributed by atoms with Crippen molar-refractivity contribution in [3.63, 3.8) is 0 Å². The molecule has 0 radical (unpaired) electrons. The van der Waals surface area contributed by atoms with Crippen molar-refractivity contribution in [3.05, 3.63) is 6.20 Å². The van der Waals surface area contributed by atoms with Gasteiger partial charge in [-0.1, -0.05) is 0 Å². The fraction of sp³-hybridized carbons (Fsp3) is 0.429. The number of primary amides is 1. The Morgan fingerprint density at radius 3 is 3.00 bits per heavy atom. The smallest absolute Gasteiger partial charge is 0.239 e. The lowest BCUT2D eigenvalue weighted by Gasteiger charge is -2.07. The summed E-state index contributed by atoms with van der Waals surface area (Å²) in [6, 6.07) is 0. The molecule has 0 aliphatic carbocycles. The molecule has 6 N–H and O–H groups in total. The highest BCUT2D eigenvalue weighted by Crippen LogP contribution is 2.16. The van der Waals surface area contributed by atoms with Gasteiger partial charge in [0.25, 0.3) is 0 Å². The van der Waals surface area contributed by atoms with Crippen LogP contribution in [0.25, 0.3) is 0 Å². The van der Waals surface area contributed by atoms with E-state index in [4.69, 9.17) is 16.6 Å². The topological polar surface area (TPSA) is 119 Å². The number of aliphatic hydroxyl groups is 1. The number of anilines is 2. The Morgan fingerprint density at radius 1 is 1.71 bits per heavy atom. The van der Waals surface area contributed by atoms with E-state index in [0.29, 0.717) is 18.1 Å². The minimum atomic E-state index is -0.500. The zero-order chi connectivity index (χ0) is 10.6. The minimum Gasteiger partial charge on any atom is -0.395 e. The molecule has 1 heterocycles. The molecule has 0 bridgehead atoms. The number of aliphatic hydroxyl groups excluding tert-OH is 1. The highest BCUT2D eigenvalue weighted by molar-refractivity contribution is 5.75. The van der Waals surface area contributed by atoms with Gasteiger partial charge in [-0.15, -0.1) is 0 Å². The second-order valence-electron chi connectivity index (χ2n) is 2.72. The van der Waals surface area contributed by atoms with Crippen LogP contribution in [0.5, 0.6) is 0 Å². The molecule has 7 heteroatoms. The molecule has 0 aromatic carbocycles. The van der Waals surface area contributed by atoms with Crippen LogP contribution in [0.15, 0.2) is 6.20 Å². The van der Waals surface area contributed by atoms with Crippen LogP contribution in [0.1, 0.15) is 0 Å². The summed E-state index contributed by atoms with van der Waals surface area (Å²) >= 11 is 0. The third-order valence-corrected chi connectivity index (χ3v) is 1.58. The van der Waals surface area contributed by atoms with Crippen LogP contribution in [0.4, 0.5) is 11.5 Å². The number of nitrogens with two attached hydrogens (primary N) is 2. The van der Waals surface area contributed by atoms with Crippen LogP contribution in [-0.4, -0.2) is 33.9 Å². The van der Waals surface area contributed by atoms with E-state index in [1.807, 2.05) is 0 Å². The highest BCUT2D eigenvalue weighted by atomic mass is 16.3. The van der Waals surface area contributed by atoms with Crippen molar-refractivity contribution in [3.8, 4) is 0 Å². The van der Waals surface area contributed by atoms with Gasteiger partial charge >= 0.3 is 0 Å². The monoisotopic (exact) mass is 199 g/mol. The molecular weight excluding hydrogens is 186 g/mol. The lowest BCUT2D eigenvalue weighted by Crippen LogP contribution is -2.21. The average Bonchev–Trinajstić information content (AvgIpc) is 2.44. The molecule has 1 amide bonds. The summed E-state index contributed by atoms with van der Waals surface area (Å²) in [5.74, 6) is -0.00185. The third kappa shape index (κ3) is 2.36. The second kappa shape index (κ2) is 4.47. The molecule has 0 aliphatic rings. The van der Waals surface area contributed by atoms with Gasteiger partial charge < -0.3 is 21.9 Å². The highest BCUT2D eigenvalue weighted by Gasteiger charge is 2.08. The predicted octanol–water partition coefficient (Wildman–Crippen LogP) is -1.65. The number of rotatable bonds is 5. The van der Waals surface area contributed by atoms with Gasteiger partial charge in [0.15, 0.2) is 0 Å². The van der Waals surface area contributed by atoms with E-state index in [0.717, 1.165) is 0 Å². The average molecular weight is 199 g/mol. The second-order valence-corrected chi connectivity index (χ2v) is 2.72. The van der Waals surface area contributed by atoms with Gasteiger partial charge in [0.2, 0.25) is 5.91 Å². The van der Waals surface area contributed by atoms with Gasteiger partial charge in [0.05, 0.1) is 18.5 Å². The molecule has 0 spiro atoms. The fourth-order valence-electron chi connectivity index (χ4n) is 1.03. The molecule has 0 aliphatic heterocycles. The van der Waals surface area contributed by atoms with E-state index in [-0.39, 0.29) is 13.2 Å². The van der Waals surface area contributed by atoms with Crippen molar-refractivity contribution < 1.29 is 9.90 Å². The predicted molar refractivity (Wildman–Crippen MR) is 51.4 cm³/mol. The lowest BCUT2D eigenvalue weighted by atomic mass is 10.5. The first-order valence-corrected chi connectivity index (χ1v) is 4.09. The van der Waals surface area contributed by atoms with Crippen molar-refractivity contribution in [2.75, 3.05) is 24.2 Å². The van der Waals surface area contributed by atoms with Crippen molar-refractivity contribution in [2.24, 2.45) is 5.73 Å². The van der Waals surface area contributed by atoms with Gasteiger partial charge in [-0.05, 0) is 0 Å². The van der Waals surface area contributed by atoms with Gasteiger partial charge in [-0.3, -0.25) is 4.79 Å². The van der Waals surface area contributed by atoms with Gasteiger partial charge in [-0.25, -0.2) is 4.68 Å². The Morgan fingerprint density at radius 2 is 2.43 bits per heavy atom. The van der Waals surface area contributed by atoms with Gasteiger partial charge in [-0.2, -0.15) is 5.10 Å². The maximum absolute atomic E-state index is 10.6. The number of carbonyl (C=O) groups excluding carboxylic acids is 1. The van der Waals surface area contributed by atoms with Crippen LogP contribution in [-0.2, 0) is 11.3 Å². The number of hydrogen-bond acceptors (Lipinski definition) is 5. The van der Waals surface area contributed by atoms with E-state index in [9.17, 15) is 4.79 Å². The van der Waals surface area contributed by atoms with Gasteiger partial charge in [0.1, 0.15) is 12.4 Å². The summed E-state index contributed by atoms with van der Waals surface area (Å²) in [4.78, 5) is 10.6. The Bertz CT molecular complexity index is 322. The molecule has 78 valence electrons. The fourth-order valence-corrected chi connectivity index (χ4v) is 1.03. The zero-order valence-electron chi connectivity index (χ0n) is 7.60. The van der Waals surface area contributed by atoms with E-state index in [1.165, 1.54) is 10.9 Å². The number of nitrogen functional groups attached to an aromatic ring is 1. The first-order chi connectivity index (χ1) is 6.65. The van der Waals surface area contributed by atoms with E-state index in [2.05, 4.69) is 10.4 Å². The number of aromatic nitrogens is 2. The number of carbonyl (C=O) groups is 1. The van der Waals surface area contributed by atoms with E-state index in [1.54, 1.807) is 0 Å². The zero-order valence-corrected chi connectivity index (χ0v) is 7.60. The number of amides is 1. The molecule has 1 aromatic rings. The van der Waals surface area contributed by atoms with Crippen molar-refractivity contribution in [2.45, 2.75) is 6.54 Å². The molecule has 0 unspecified atom stereocenters. The summed E-state index contributed by atoms with van der Waals surface area (Å²) in [6.07, 6.45) is 1.42. The quantitative estimate of drug-likeness (QED) is 0.453. The lowest BCUT2D eigenvalue weighted by molar-refractivity contribution is -0.118. The molecule has 14 heavy (non-hydrogen) atoms. The third-order valence-electron chi connectivity index (χ3n) is 1.58. The minimum absolute atomic E-state index is 0.0266. The molecule has 1 aromatic heterocycles. The Labute approximate surface area is 80.7 Å². The largest absolute Gasteiger partial charge is 0.395 e. The normalized spacial score (nSPS) is 10.1. The molecule has 0 saturated carbocycles. The Kier molecular flexibility index (Phi) is 3.29. The molecule has 1 rings (SSSR count). The summed E-state index contributed by atoms with van der Waals surface area (Å²) in [5.41, 5.74) is 11.0. The number of nitrogens with one attached hydrogen (secondary N) is 1. The number of hydrogen-bond donors (Lipinski definition) is 4. The maximum atomic E-state index is 10.6. The SMILES string of the molecule is NC(=O)Cn1ncc(N)c1NCCO. The summed E-state index contributed by atoms with van der Waals surface area (Å²) in [5, 5.41) is 15.3. The van der Waals surface area contributed by atoms with Crippen LogP contribution >= 0.6 is 0 Å². The Balaban J connectivity index is 2.77. The van der Waals surface area contributed by atoms with E-state index < -0.39 is 5.91 Å². The summed E-state index contributed by atoms with van der Waals surface area (Å²) in [7, 11) is 0. The molecular formula is C7H13N5O2. The number of nitrogens with zero attached hydrogens (tertiary/aromatic N) is 2. The molecule has 0 atom stereocenters. The summed E-state index contributed by atoms with van der Waals surface area (Å²) in [6.45, 7) is 0.279. The van der Waals surface area contributed by atoms with E-state index >= 15 is 0 Å². The molecule has 0 fully saturated rings. The van der Waals surface area contributed by atoms with Crippen LogP contribution in [0, 0.1) is 0 Å². The first-order valence-electron chi connectivity index (χ1n) is 4.09. The van der Waals surface area contributed by atoms with Gasteiger partial charge in [0, 0.05) is 6.54 Å². The molecule has 0 saturated heterocycles. The Hall–Kier alpha value is -1.76. The van der Waals surface area contributed by atoms with Crippen molar-refractivity contribution in [1.82, 2.24) is 9.78 Å². The van der Waals surface area contributed by atoms with Crippen LogP contribution < -0.4 is 16.8 Å². The van der Waals surface area contributed by atoms with Crippen molar-refractivity contribution >= 4 is 17.4 Å². The molecule has 7 nitrogen and oxygen atoms in total. The van der Waals surface area contributed by atoms with Crippen molar-refractivity contribution in [1.29, 1.82) is 0 Å². The van der Waals surface area contributed by atoms with Crippen LogP contribution in [0.2, 0.25) is 0 Å². The summed E-state index contributed by atoms with van der Waals surface area (Å²) < 4.78 is 1.35. The van der Waals surface area contributed by atoms with Crippen LogP contribution in [0.3, 0.4) is 0 Å². The first kappa shape index (κ1) is 10.3. The maximum Gasteiger partial charge on any atom is 0.239 e. The standard InChI is InChI=1S/C7H13N5O2/c8-5-3-11-12(4-6(9)14)7(5)10-1-2-13/h3,10,13H,1-2,4,8H2,(H2,9,14).